The normalized spacial score (nSPS) is 16.7. The number of halogens is 2. The lowest BCUT2D eigenvalue weighted by molar-refractivity contribution is -0.438. The van der Waals surface area contributed by atoms with Crippen LogP contribution in [0, 0.1) is 0 Å². The second kappa shape index (κ2) is 5.66. The number of fused-ring (bicyclic) bond motifs is 1. The Balaban J connectivity index is 0.00000144. The van der Waals surface area contributed by atoms with E-state index in [0.29, 0.717) is 0 Å². The number of hydrogen-bond donors (Lipinski definition) is 0. The number of alkyl halides is 1. The molecule has 0 unspecified atom stereocenters. The molecule has 0 spiro atoms. The van der Waals surface area contributed by atoms with Gasteiger partial charge in [-0.25, -0.2) is 0 Å². The van der Waals surface area contributed by atoms with Gasteiger partial charge < -0.3 is 17.0 Å². The average Bonchev–Trinajstić information content (AvgIpc) is 2.47. The molecule has 1 heterocycles. The van der Waals surface area contributed by atoms with Gasteiger partial charge in [-0.05, 0) is 13.8 Å². The molecule has 1 aromatic carbocycles. The fourth-order valence-corrected chi connectivity index (χ4v) is 2.71. The summed E-state index contributed by atoms with van der Waals surface area (Å²) in [5.74, 6) is 0. The number of benzene rings is 1. The van der Waals surface area contributed by atoms with Crippen LogP contribution in [0.4, 0.5) is 5.69 Å². The summed E-state index contributed by atoms with van der Waals surface area (Å²) in [6.45, 7) is 8.00. The molecule has 17 heavy (non-hydrogen) atoms. The Morgan fingerprint density at radius 1 is 1.24 bits per heavy atom. The Bertz CT molecular complexity index is 436. The molecule has 0 saturated carbocycles. The summed E-state index contributed by atoms with van der Waals surface area (Å²) in [7, 11) is 0. The zero-order valence-electron chi connectivity index (χ0n) is 10.6. The summed E-state index contributed by atoms with van der Waals surface area (Å²) in [6.07, 6.45) is 1.18. The zero-order valence-corrected chi connectivity index (χ0v) is 13.8. The molecule has 0 aromatic heterocycles. The van der Waals surface area contributed by atoms with Gasteiger partial charge in [0.1, 0.15) is 6.54 Å². The molecule has 1 aliphatic rings. The maximum atomic E-state index is 3.51. The van der Waals surface area contributed by atoms with Crippen LogP contribution in [0.2, 0.25) is 0 Å². The van der Waals surface area contributed by atoms with Crippen LogP contribution in [0.5, 0.6) is 0 Å². The lowest BCUT2D eigenvalue weighted by Gasteiger charge is -2.14. The van der Waals surface area contributed by atoms with E-state index >= 15 is 0 Å². The number of nitrogens with zero attached hydrogens (tertiary/aromatic N) is 1. The molecular formula is C14H19Br2N. The van der Waals surface area contributed by atoms with Crippen molar-refractivity contribution in [2.24, 2.45) is 0 Å². The summed E-state index contributed by atoms with van der Waals surface area (Å²) in [5.41, 5.74) is 4.51. The lowest BCUT2D eigenvalue weighted by atomic mass is 9.82. The number of hydrogen-bond acceptors (Lipinski definition) is 0. The highest BCUT2D eigenvalue weighted by Crippen LogP contribution is 2.39. The van der Waals surface area contributed by atoms with Crippen molar-refractivity contribution in [3.63, 3.8) is 0 Å². The molecule has 0 aliphatic carbocycles. The fraction of sp³-hybridized carbons (Fsp3) is 0.500. The van der Waals surface area contributed by atoms with Crippen LogP contribution in [-0.2, 0) is 5.41 Å². The minimum absolute atomic E-state index is 0. The highest BCUT2D eigenvalue weighted by molar-refractivity contribution is 9.09. The van der Waals surface area contributed by atoms with Gasteiger partial charge in [0.25, 0.3) is 0 Å². The van der Waals surface area contributed by atoms with Crippen molar-refractivity contribution >= 4 is 27.3 Å². The molecule has 3 heteroatoms. The lowest BCUT2D eigenvalue weighted by Crippen LogP contribution is -3.00. The third-order valence-electron chi connectivity index (χ3n) is 3.69. The highest BCUT2D eigenvalue weighted by atomic mass is 79.9. The molecule has 94 valence electrons. The molecule has 1 aliphatic heterocycles. The van der Waals surface area contributed by atoms with Crippen LogP contribution in [0.1, 0.15) is 32.8 Å². The molecule has 0 amide bonds. The van der Waals surface area contributed by atoms with Crippen LogP contribution in [-0.4, -0.2) is 22.2 Å². The minimum Gasteiger partial charge on any atom is -1.00 e. The first kappa shape index (κ1) is 14.9. The third kappa shape index (κ3) is 2.50. The number of para-hydroxylation sites is 1. The average molecular weight is 361 g/mol. The highest BCUT2D eigenvalue weighted by Gasteiger charge is 2.42. The molecule has 0 fully saturated rings. The van der Waals surface area contributed by atoms with Gasteiger partial charge in [0.15, 0.2) is 5.71 Å². The Hall–Kier alpha value is -0.150. The van der Waals surface area contributed by atoms with Gasteiger partial charge in [-0.3, -0.25) is 0 Å². The Kier molecular flexibility index (Phi) is 4.96. The van der Waals surface area contributed by atoms with Crippen molar-refractivity contribution in [3.05, 3.63) is 29.8 Å². The van der Waals surface area contributed by atoms with E-state index in [9.17, 15) is 0 Å². The third-order valence-corrected chi connectivity index (χ3v) is 4.25. The van der Waals surface area contributed by atoms with Crippen LogP contribution in [0.25, 0.3) is 0 Å². The Morgan fingerprint density at radius 3 is 2.53 bits per heavy atom. The van der Waals surface area contributed by atoms with Gasteiger partial charge >= 0.3 is 0 Å². The molecule has 0 saturated heterocycles. The topological polar surface area (TPSA) is 3.01 Å². The molecule has 1 aromatic rings. The van der Waals surface area contributed by atoms with Crippen molar-refractivity contribution in [2.45, 2.75) is 32.6 Å². The smallest absolute Gasteiger partial charge is 0.209 e. The van der Waals surface area contributed by atoms with Crippen molar-refractivity contribution in [2.75, 3.05) is 11.9 Å². The van der Waals surface area contributed by atoms with E-state index in [1.165, 1.54) is 23.4 Å². The second-order valence-corrected chi connectivity index (χ2v) is 5.71. The largest absolute Gasteiger partial charge is 1.00 e. The fourth-order valence-electron chi connectivity index (χ4n) is 2.46. The van der Waals surface area contributed by atoms with E-state index in [0.717, 1.165) is 11.9 Å². The van der Waals surface area contributed by atoms with Crippen molar-refractivity contribution in [1.82, 2.24) is 0 Å². The summed E-state index contributed by atoms with van der Waals surface area (Å²) in [4.78, 5) is 0. The van der Waals surface area contributed by atoms with Crippen LogP contribution in [0.15, 0.2) is 24.3 Å². The first-order valence-corrected chi connectivity index (χ1v) is 6.98. The van der Waals surface area contributed by atoms with E-state index in [1.54, 1.807) is 0 Å². The maximum Gasteiger partial charge on any atom is 0.209 e. The van der Waals surface area contributed by atoms with E-state index in [-0.39, 0.29) is 22.4 Å². The van der Waals surface area contributed by atoms with Crippen molar-refractivity contribution in [1.29, 1.82) is 0 Å². The molecule has 0 radical (unpaired) electrons. The van der Waals surface area contributed by atoms with Crippen LogP contribution >= 0.6 is 15.9 Å². The summed E-state index contributed by atoms with van der Waals surface area (Å²) >= 11 is 3.51. The molecule has 2 rings (SSSR count). The standard InChI is InChI=1S/C14H19BrN.BrH/c1-11-14(2,3)12-7-4-5-8-13(12)16(11)10-6-9-15;/h4-5,7-8H,6,9-10H2,1-3H3;1H/q+1;/p-1. The van der Waals surface area contributed by atoms with Gasteiger partial charge in [-0.1, -0.05) is 34.1 Å². The first-order valence-electron chi connectivity index (χ1n) is 5.86. The second-order valence-electron chi connectivity index (χ2n) is 4.92. The predicted octanol–water partition coefficient (Wildman–Crippen LogP) is 0.872. The van der Waals surface area contributed by atoms with Gasteiger partial charge in [-0.2, -0.15) is 4.58 Å². The zero-order chi connectivity index (χ0) is 11.8. The van der Waals surface area contributed by atoms with E-state index in [1.807, 2.05) is 0 Å². The van der Waals surface area contributed by atoms with E-state index in [4.69, 9.17) is 0 Å². The van der Waals surface area contributed by atoms with Crippen LogP contribution in [0.3, 0.4) is 0 Å². The SMILES string of the molecule is CC1=[N+](CCCBr)c2ccccc2C1(C)C.[Br-]. The van der Waals surface area contributed by atoms with Gasteiger partial charge in [-0.15, -0.1) is 0 Å². The summed E-state index contributed by atoms with van der Waals surface area (Å²) in [6, 6.07) is 8.77. The summed E-state index contributed by atoms with van der Waals surface area (Å²) in [5, 5.41) is 1.07. The van der Waals surface area contributed by atoms with Gasteiger partial charge in [0, 0.05) is 30.3 Å². The first-order chi connectivity index (χ1) is 7.59. The monoisotopic (exact) mass is 359 g/mol. The Labute approximate surface area is 123 Å². The predicted molar refractivity (Wildman–Crippen MR) is 73.3 cm³/mol. The Morgan fingerprint density at radius 2 is 1.88 bits per heavy atom. The molecule has 0 atom stereocenters. The molecule has 1 nitrogen and oxygen atoms in total. The maximum absolute atomic E-state index is 3.51. The van der Waals surface area contributed by atoms with E-state index in [2.05, 4.69) is 65.5 Å². The number of rotatable bonds is 3. The molecule has 0 N–H and O–H groups in total. The van der Waals surface area contributed by atoms with Crippen molar-refractivity contribution in [3.8, 4) is 0 Å². The summed E-state index contributed by atoms with van der Waals surface area (Å²) < 4.78 is 2.47. The molecule has 0 bridgehead atoms. The molecular weight excluding hydrogens is 342 g/mol. The van der Waals surface area contributed by atoms with Gasteiger partial charge in [0.2, 0.25) is 5.69 Å². The minimum atomic E-state index is 0. The van der Waals surface area contributed by atoms with E-state index < -0.39 is 0 Å². The van der Waals surface area contributed by atoms with Crippen molar-refractivity contribution < 1.29 is 21.6 Å². The quantitative estimate of drug-likeness (QED) is 0.556. The van der Waals surface area contributed by atoms with Gasteiger partial charge in [0.05, 0.1) is 5.41 Å². The van der Waals surface area contributed by atoms with Crippen LogP contribution < -0.4 is 17.0 Å².